The molecule has 0 atom stereocenters. The average molecular weight is 304 g/mol. The number of aryl methyl sites for hydroxylation is 1. The Balaban J connectivity index is 1.67. The third kappa shape index (κ3) is 4.32. The van der Waals surface area contributed by atoms with Crippen molar-refractivity contribution in [2.45, 2.75) is 33.1 Å². The number of aromatic amines is 1. The lowest BCUT2D eigenvalue weighted by Gasteiger charge is -2.04. The van der Waals surface area contributed by atoms with Gasteiger partial charge in [0, 0.05) is 6.42 Å². The van der Waals surface area contributed by atoms with Crippen LogP contribution in [0.15, 0.2) is 60.8 Å². The van der Waals surface area contributed by atoms with Crippen molar-refractivity contribution in [2.75, 3.05) is 0 Å². The van der Waals surface area contributed by atoms with Crippen LogP contribution >= 0.6 is 0 Å². The first-order valence-corrected chi connectivity index (χ1v) is 8.38. The maximum atomic E-state index is 4.50. The second kappa shape index (κ2) is 7.28. The lowest BCUT2D eigenvalue weighted by Crippen LogP contribution is -1.94. The highest BCUT2D eigenvalue weighted by Gasteiger charge is 2.05. The van der Waals surface area contributed by atoms with Gasteiger partial charge in [-0.25, -0.2) is 4.98 Å². The number of hydrogen-bond acceptors (Lipinski definition) is 1. The Morgan fingerprint density at radius 1 is 0.913 bits per heavy atom. The second-order valence-electron chi connectivity index (χ2n) is 6.54. The first kappa shape index (κ1) is 15.5. The predicted octanol–water partition coefficient (Wildman–Crippen LogP) is 5.26. The number of H-pyrrole nitrogens is 1. The highest BCUT2D eigenvalue weighted by atomic mass is 14.9. The normalized spacial score (nSPS) is 11.1. The molecule has 0 aliphatic rings. The van der Waals surface area contributed by atoms with Crippen molar-refractivity contribution < 1.29 is 0 Å². The molecule has 0 radical (unpaired) electrons. The Hall–Kier alpha value is -2.35. The minimum atomic E-state index is 0.709. The van der Waals surface area contributed by atoms with Crippen LogP contribution in [-0.2, 0) is 12.8 Å². The summed E-state index contributed by atoms with van der Waals surface area (Å²) in [7, 11) is 0. The zero-order valence-electron chi connectivity index (χ0n) is 13.9. The van der Waals surface area contributed by atoms with Crippen molar-refractivity contribution in [3.05, 3.63) is 77.7 Å². The van der Waals surface area contributed by atoms with Gasteiger partial charge in [0.1, 0.15) is 5.82 Å². The molecule has 3 rings (SSSR count). The fraction of sp³-hybridized carbons (Fsp3) is 0.286. The van der Waals surface area contributed by atoms with Crippen molar-refractivity contribution in [1.29, 1.82) is 0 Å². The van der Waals surface area contributed by atoms with E-state index in [4.69, 9.17) is 0 Å². The van der Waals surface area contributed by atoms with Gasteiger partial charge in [-0.3, -0.25) is 0 Å². The summed E-state index contributed by atoms with van der Waals surface area (Å²) in [5, 5.41) is 0. The number of hydrogen-bond donors (Lipinski definition) is 1. The van der Waals surface area contributed by atoms with Crippen LogP contribution in [0, 0.1) is 5.92 Å². The van der Waals surface area contributed by atoms with Gasteiger partial charge in [0.25, 0.3) is 0 Å². The minimum Gasteiger partial charge on any atom is -0.342 e. The molecule has 0 unspecified atom stereocenters. The molecule has 23 heavy (non-hydrogen) atoms. The summed E-state index contributed by atoms with van der Waals surface area (Å²) >= 11 is 0. The van der Waals surface area contributed by atoms with Crippen LogP contribution in [0.25, 0.3) is 11.3 Å². The quantitative estimate of drug-likeness (QED) is 0.661. The summed E-state index contributed by atoms with van der Waals surface area (Å²) < 4.78 is 0. The van der Waals surface area contributed by atoms with Crippen LogP contribution in [0.5, 0.6) is 0 Å². The molecule has 0 aliphatic carbocycles. The molecule has 2 nitrogen and oxygen atoms in total. The molecular weight excluding hydrogens is 280 g/mol. The molecule has 0 aliphatic heterocycles. The van der Waals surface area contributed by atoms with Crippen LogP contribution in [0.2, 0.25) is 0 Å². The van der Waals surface area contributed by atoms with E-state index in [1.54, 1.807) is 0 Å². The van der Waals surface area contributed by atoms with E-state index < -0.39 is 0 Å². The number of benzene rings is 2. The summed E-state index contributed by atoms with van der Waals surface area (Å²) in [6.07, 6.45) is 5.11. The number of rotatable bonds is 6. The van der Waals surface area contributed by atoms with Crippen LogP contribution in [-0.4, -0.2) is 9.97 Å². The van der Waals surface area contributed by atoms with E-state index in [0.717, 1.165) is 24.4 Å². The molecule has 0 amide bonds. The highest BCUT2D eigenvalue weighted by Crippen LogP contribution is 2.20. The van der Waals surface area contributed by atoms with E-state index in [1.165, 1.54) is 23.1 Å². The standard InChI is InChI=1S/C21H24N2/c1-16(2)8-13-21-22-15-20(23-21)19-11-9-18(10-12-19)14-17-6-4-3-5-7-17/h3-7,9-12,15-16H,8,13-14H2,1-2H3,(H,22,23). The predicted molar refractivity (Wildman–Crippen MR) is 96.4 cm³/mol. The molecule has 3 aromatic rings. The van der Waals surface area contributed by atoms with Gasteiger partial charge in [0.05, 0.1) is 11.9 Å². The molecule has 1 N–H and O–H groups in total. The molecule has 1 heterocycles. The first-order chi connectivity index (χ1) is 11.2. The third-order valence-electron chi connectivity index (χ3n) is 4.10. The van der Waals surface area contributed by atoms with Gasteiger partial charge < -0.3 is 4.98 Å². The van der Waals surface area contributed by atoms with Crippen molar-refractivity contribution in [2.24, 2.45) is 5.92 Å². The zero-order valence-corrected chi connectivity index (χ0v) is 13.9. The van der Waals surface area contributed by atoms with Gasteiger partial charge in [0.2, 0.25) is 0 Å². The van der Waals surface area contributed by atoms with E-state index in [0.29, 0.717) is 5.92 Å². The fourth-order valence-corrected chi connectivity index (χ4v) is 2.70. The minimum absolute atomic E-state index is 0.709. The summed E-state index contributed by atoms with van der Waals surface area (Å²) in [6, 6.07) is 19.3. The van der Waals surface area contributed by atoms with Gasteiger partial charge in [-0.2, -0.15) is 0 Å². The zero-order chi connectivity index (χ0) is 16.1. The van der Waals surface area contributed by atoms with E-state index >= 15 is 0 Å². The van der Waals surface area contributed by atoms with Crippen molar-refractivity contribution in [3.8, 4) is 11.3 Å². The van der Waals surface area contributed by atoms with Crippen molar-refractivity contribution in [1.82, 2.24) is 9.97 Å². The van der Waals surface area contributed by atoms with E-state index in [2.05, 4.69) is 78.4 Å². The average Bonchev–Trinajstić information content (AvgIpc) is 3.04. The highest BCUT2D eigenvalue weighted by molar-refractivity contribution is 5.59. The smallest absolute Gasteiger partial charge is 0.106 e. The summed E-state index contributed by atoms with van der Waals surface area (Å²) in [5.41, 5.74) is 4.98. The topological polar surface area (TPSA) is 28.7 Å². The lowest BCUT2D eigenvalue weighted by atomic mass is 10.0. The Morgan fingerprint density at radius 2 is 1.61 bits per heavy atom. The Kier molecular flexibility index (Phi) is 4.92. The van der Waals surface area contributed by atoms with Crippen LogP contribution in [0.4, 0.5) is 0 Å². The van der Waals surface area contributed by atoms with Gasteiger partial charge in [-0.1, -0.05) is 68.4 Å². The first-order valence-electron chi connectivity index (χ1n) is 8.38. The molecule has 0 spiro atoms. The van der Waals surface area contributed by atoms with Gasteiger partial charge in [-0.15, -0.1) is 0 Å². The van der Waals surface area contributed by atoms with E-state index in [9.17, 15) is 0 Å². The van der Waals surface area contributed by atoms with Gasteiger partial charge in [0.15, 0.2) is 0 Å². The second-order valence-corrected chi connectivity index (χ2v) is 6.54. The van der Waals surface area contributed by atoms with Crippen molar-refractivity contribution >= 4 is 0 Å². The summed E-state index contributed by atoms with van der Waals surface area (Å²) in [5.74, 6) is 1.79. The Labute approximate surface area is 138 Å². The Bertz CT molecular complexity index is 724. The van der Waals surface area contributed by atoms with Crippen LogP contribution in [0.3, 0.4) is 0 Å². The maximum Gasteiger partial charge on any atom is 0.106 e. The fourth-order valence-electron chi connectivity index (χ4n) is 2.70. The maximum absolute atomic E-state index is 4.50. The summed E-state index contributed by atoms with van der Waals surface area (Å²) in [6.45, 7) is 4.49. The molecule has 0 fully saturated rings. The largest absolute Gasteiger partial charge is 0.342 e. The molecule has 0 bridgehead atoms. The molecule has 1 aromatic heterocycles. The van der Waals surface area contributed by atoms with Crippen LogP contribution in [0.1, 0.15) is 37.2 Å². The number of nitrogens with one attached hydrogen (secondary N) is 1. The Morgan fingerprint density at radius 3 is 2.30 bits per heavy atom. The lowest BCUT2D eigenvalue weighted by molar-refractivity contribution is 0.577. The monoisotopic (exact) mass is 304 g/mol. The number of imidazole rings is 1. The SMILES string of the molecule is CC(C)CCc1ncc(-c2ccc(Cc3ccccc3)cc2)[nH]1. The molecule has 2 aromatic carbocycles. The summed E-state index contributed by atoms with van der Waals surface area (Å²) in [4.78, 5) is 7.94. The third-order valence-corrected chi connectivity index (χ3v) is 4.10. The van der Waals surface area contributed by atoms with Gasteiger partial charge >= 0.3 is 0 Å². The van der Waals surface area contributed by atoms with E-state index in [-0.39, 0.29) is 0 Å². The van der Waals surface area contributed by atoms with Crippen molar-refractivity contribution in [3.63, 3.8) is 0 Å². The van der Waals surface area contributed by atoms with Gasteiger partial charge in [-0.05, 0) is 35.4 Å². The number of nitrogens with zero attached hydrogens (tertiary/aromatic N) is 1. The molecule has 0 saturated heterocycles. The molecule has 118 valence electrons. The van der Waals surface area contributed by atoms with E-state index in [1.807, 2.05) is 6.20 Å². The molecule has 2 heteroatoms. The molecular formula is C21H24N2. The molecule has 0 saturated carbocycles. The van der Waals surface area contributed by atoms with Crippen LogP contribution < -0.4 is 0 Å². The number of aromatic nitrogens is 2.